The summed E-state index contributed by atoms with van der Waals surface area (Å²) in [6, 6.07) is -1.22. The first kappa shape index (κ1) is 2.28. The molecule has 0 unspecified atom stereocenters. The molecule has 2 N–H and O–H groups in total. The molecule has 0 heterocycles. The SMILES string of the molecule is [2H]c1c([2H])c(N)c([2H])c(Cl)c1[2H]. The van der Waals surface area contributed by atoms with E-state index >= 15 is 0 Å². The topological polar surface area (TPSA) is 26.0 Å². The van der Waals surface area contributed by atoms with E-state index in [2.05, 4.69) is 0 Å². The molecular weight excluding hydrogens is 122 g/mol. The highest BCUT2D eigenvalue weighted by atomic mass is 35.5. The van der Waals surface area contributed by atoms with Crippen LogP contribution in [0.15, 0.2) is 24.2 Å². The van der Waals surface area contributed by atoms with Gasteiger partial charge in [0.1, 0.15) is 0 Å². The maximum Gasteiger partial charge on any atom is 0.0660 e. The lowest BCUT2D eigenvalue weighted by Crippen LogP contribution is -1.80. The lowest BCUT2D eigenvalue weighted by atomic mass is 10.3. The van der Waals surface area contributed by atoms with Crippen molar-refractivity contribution in [1.82, 2.24) is 0 Å². The van der Waals surface area contributed by atoms with Crippen LogP contribution in [-0.4, -0.2) is 0 Å². The third-order valence-electron chi connectivity index (χ3n) is 0.614. The Bertz CT molecular complexity index is 234. The van der Waals surface area contributed by atoms with E-state index in [0.29, 0.717) is 0 Å². The van der Waals surface area contributed by atoms with Gasteiger partial charge in [0, 0.05) is 10.7 Å². The van der Waals surface area contributed by atoms with Gasteiger partial charge in [-0.3, -0.25) is 0 Å². The molecule has 1 aromatic rings. The average molecular weight is 132 g/mol. The van der Waals surface area contributed by atoms with E-state index in [1.54, 1.807) is 0 Å². The van der Waals surface area contributed by atoms with E-state index in [9.17, 15) is 0 Å². The molecule has 0 bridgehead atoms. The summed E-state index contributed by atoms with van der Waals surface area (Å²) >= 11 is 5.50. The molecule has 0 atom stereocenters. The van der Waals surface area contributed by atoms with Gasteiger partial charge in [-0.15, -0.1) is 0 Å². The normalized spacial score (nSPS) is 16.1. The van der Waals surface area contributed by atoms with Crippen LogP contribution in [0, 0.1) is 0 Å². The second-order valence-electron chi connectivity index (χ2n) is 1.23. The minimum Gasteiger partial charge on any atom is -0.399 e. The highest BCUT2D eigenvalue weighted by Gasteiger charge is 1.83. The monoisotopic (exact) mass is 131 g/mol. The summed E-state index contributed by atoms with van der Waals surface area (Å²) in [6.45, 7) is 0. The van der Waals surface area contributed by atoms with Crippen LogP contribution in [0.2, 0.25) is 5.02 Å². The number of hydrogen-bond donors (Lipinski definition) is 1. The van der Waals surface area contributed by atoms with E-state index in [-0.39, 0.29) is 34.9 Å². The quantitative estimate of drug-likeness (QED) is 0.535. The number of hydrogen-bond acceptors (Lipinski definition) is 1. The molecule has 0 spiro atoms. The van der Waals surface area contributed by atoms with E-state index in [1.807, 2.05) is 0 Å². The van der Waals surface area contributed by atoms with Crippen molar-refractivity contribution < 1.29 is 5.48 Å². The number of nitrogen functional groups attached to an aromatic ring is 1. The molecule has 2 heteroatoms. The predicted octanol–water partition coefficient (Wildman–Crippen LogP) is 1.92. The summed E-state index contributed by atoms with van der Waals surface area (Å²) in [4.78, 5) is 0. The second-order valence-corrected chi connectivity index (χ2v) is 1.61. The molecule has 42 valence electrons. The summed E-state index contributed by atoms with van der Waals surface area (Å²) in [5, 5.41) is -0.173. The van der Waals surface area contributed by atoms with Gasteiger partial charge in [0.2, 0.25) is 0 Å². The summed E-state index contributed by atoms with van der Waals surface area (Å²) in [5.74, 6) is 0. The molecule has 8 heavy (non-hydrogen) atoms. The Morgan fingerprint density at radius 1 is 1.62 bits per heavy atom. The fourth-order valence-electron chi connectivity index (χ4n) is 0.334. The summed E-state index contributed by atoms with van der Waals surface area (Å²) in [5.41, 5.74) is 5.14. The average Bonchev–Trinajstić information content (AvgIpc) is 2.08. The minimum atomic E-state index is -0.339. The third-order valence-corrected chi connectivity index (χ3v) is 0.803. The van der Waals surface area contributed by atoms with Crippen LogP contribution in [0.25, 0.3) is 0 Å². The number of halogens is 1. The highest BCUT2D eigenvalue weighted by Crippen LogP contribution is 2.10. The van der Waals surface area contributed by atoms with Crippen LogP contribution in [-0.2, 0) is 0 Å². The molecule has 0 radical (unpaired) electrons. The van der Waals surface area contributed by atoms with Gasteiger partial charge in [0.25, 0.3) is 0 Å². The first-order valence-electron chi connectivity index (χ1n) is 3.98. The van der Waals surface area contributed by atoms with Gasteiger partial charge in [-0.1, -0.05) is 17.6 Å². The molecule has 1 aromatic carbocycles. The minimum absolute atomic E-state index is 0.152. The molecule has 0 aliphatic rings. The van der Waals surface area contributed by atoms with Crippen molar-refractivity contribution in [2.24, 2.45) is 0 Å². The van der Waals surface area contributed by atoms with Crippen molar-refractivity contribution in [1.29, 1.82) is 0 Å². The Morgan fingerprint density at radius 2 is 2.38 bits per heavy atom. The van der Waals surface area contributed by atoms with Crippen molar-refractivity contribution in [3.05, 3.63) is 29.2 Å². The Hall–Kier alpha value is -0.690. The zero-order valence-electron chi connectivity index (χ0n) is 7.96. The maximum absolute atomic E-state index is 7.24. The number of nitrogens with two attached hydrogens (primary N) is 1. The van der Waals surface area contributed by atoms with Gasteiger partial charge >= 0.3 is 0 Å². The zero-order valence-corrected chi connectivity index (χ0v) is 4.71. The molecule has 1 nitrogen and oxygen atoms in total. The van der Waals surface area contributed by atoms with Crippen LogP contribution in [0.5, 0.6) is 0 Å². The van der Waals surface area contributed by atoms with Crippen molar-refractivity contribution in [3.8, 4) is 0 Å². The van der Waals surface area contributed by atoms with Gasteiger partial charge in [-0.05, 0) is 18.1 Å². The van der Waals surface area contributed by atoms with Crippen LogP contribution >= 0.6 is 11.6 Å². The Kier molecular flexibility index (Phi) is 0.584. The van der Waals surface area contributed by atoms with E-state index in [0.717, 1.165) is 0 Å². The van der Waals surface area contributed by atoms with Crippen molar-refractivity contribution in [3.63, 3.8) is 0 Å². The molecule has 0 fully saturated rings. The largest absolute Gasteiger partial charge is 0.399 e. The van der Waals surface area contributed by atoms with Gasteiger partial charge in [0.05, 0.1) is 5.48 Å². The molecule has 0 amide bonds. The molecule has 0 aliphatic carbocycles. The van der Waals surface area contributed by atoms with E-state index < -0.39 is 0 Å². The predicted molar refractivity (Wildman–Crippen MR) is 35.9 cm³/mol. The lowest BCUT2D eigenvalue weighted by Gasteiger charge is -1.89. The van der Waals surface area contributed by atoms with E-state index in [4.69, 9.17) is 22.8 Å². The van der Waals surface area contributed by atoms with Crippen molar-refractivity contribution >= 4 is 17.3 Å². The third kappa shape index (κ3) is 1.14. The number of benzene rings is 1. The lowest BCUT2D eigenvalue weighted by molar-refractivity contribution is 1.69. The van der Waals surface area contributed by atoms with E-state index in [1.165, 1.54) is 0 Å². The summed E-state index contributed by atoms with van der Waals surface area (Å²) < 4.78 is 28.9. The highest BCUT2D eigenvalue weighted by molar-refractivity contribution is 6.30. The fraction of sp³-hybridized carbons (Fsp3) is 0. The van der Waals surface area contributed by atoms with Crippen LogP contribution in [0.4, 0.5) is 5.69 Å². The van der Waals surface area contributed by atoms with Gasteiger partial charge in [0.15, 0.2) is 0 Å². The van der Waals surface area contributed by atoms with Gasteiger partial charge in [-0.25, -0.2) is 0 Å². The molecule has 0 aromatic heterocycles. The Labute approximate surface area is 58.7 Å². The van der Waals surface area contributed by atoms with Gasteiger partial charge in [-0.2, -0.15) is 0 Å². The molecule has 0 saturated carbocycles. The smallest absolute Gasteiger partial charge is 0.0660 e. The zero-order chi connectivity index (χ0) is 9.46. The summed E-state index contributed by atoms with van der Waals surface area (Å²) in [6.07, 6.45) is 0. The standard InChI is InChI=1S/C6H6ClN/c7-5-2-1-3-6(8)4-5/h1-4H,8H2/i1D,2D,3D,4D. The molecule has 1 rings (SSSR count). The maximum atomic E-state index is 7.24. The fourth-order valence-corrected chi connectivity index (χ4v) is 0.483. The molecule has 0 aliphatic heterocycles. The Morgan fingerprint density at radius 3 is 3.12 bits per heavy atom. The second kappa shape index (κ2) is 2.05. The molecule has 0 saturated heterocycles. The molecular formula is C6H6ClN. The summed E-state index contributed by atoms with van der Waals surface area (Å²) in [7, 11) is 0. The first-order valence-corrected chi connectivity index (χ1v) is 2.36. The van der Waals surface area contributed by atoms with Crippen molar-refractivity contribution in [2.45, 2.75) is 0 Å². The number of rotatable bonds is 0. The van der Waals surface area contributed by atoms with Crippen LogP contribution in [0.1, 0.15) is 5.48 Å². The van der Waals surface area contributed by atoms with Crippen molar-refractivity contribution in [2.75, 3.05) is 5.73 Å². The first-order chi connectivity index (χ1) is 5.46. The Balaban J connectivity index is 3.60. The van der Waals surface area contributed by atoms with Crippen LogP contribution < -0.4 is 5.73 Å². The van der Waals surface area contributed by atoms with Crippen LogP contribution in [0.3, 0.4) is 0 Å². The van der Waals surface area contributed by atoms with Gasteiger partial charge < -0.3 is 5.73 Å². The number of anilines is 1.